The summed E-state index contributed by atoms with van der Waals surface area (Å²) in [5.41, 5.74) is -0.374. The van der Waals surface area contributed by atoms with Crippen molar-refractivity contribution in [1.29, 1.82) is 0 Å². The van der Waals surface area contributed by atoms with E-state index >= 15 is 0 Å². The highest BCUT2D eigenvalue weighted by molar-refractivity contribution is 6.30. The Morgan fingerprint density at radius 3 is 2.63 bits per heavy atom. The molecule has 0 aliphatic heterocycles. The molecule has 19 heavy (non-hydrogen) atoms. The van der Waals surface area contributed by atoms with Gasteiger partial charge in [-0.05, 0) is 13.0 Å². The lowest BCUT2D eigenvalue weighted by molar-refractivity contribution is -0.139. The molecule has 1 aromatic heterocycles. The zero-order chi connectivity index (χ0) is 14.6. The first kappa shape index (κ1) is 15.1. The molecule has 1 unspecified atom stereocenters. The molecule has 7 heteroatoms. The van der Waals surface area contributed by atoms with E-state index in [4.69, 9.17) is 21.4 Å². The minimum Gasteiger partial charge on any atom is -0.477 e. The first-order valence-corrected chi connectivity index (χ1v) is 5.70. The van der Waals surface area contributed by atoms with Crippen LogP contribution in [-0.2, 0) is 9.53 Å². The summed E-state index contributed by atoms with van der Waals surface area (Å²) in [5, 5.41) is 18.4. The molecular weight excluding hydrogens is 274 g/mol. The lowest BCUT2D eigenvalue weighted by atomic mass is 10.0. The number of rotatable bonds is 5. The van der Waals surface area contributed by atoms with Crippen LogP contribution in [0.15, 0.2) is 24.3 Å². The topological polar surface area (TPSA) is 96.7 Å². The zero-order valence-corrected chi connectivity index (χ0v) is 10.8. The van der Waals surface area contributed by atoms with Crippen molar-refractivity contribution >= 4 is 23.5 Å². The minimum absolute atomic E-state index is 0.0877. The second-order valence-electron chi connectivity index (χ2n) is 3.53. The highest BCUT2D eigenvalue weighted by atomic mass is 35.5. The van der Waals surface area contributed by atoms with Crippen LogP contribution in [0.4, 0.5) is 0 Å². The van der Waals surface area contributed by atoms with Gasteiger partial charge in [0, 0.05) is 5.56 Å². The Labute approximate surface area is 114 Å². The summed E-state index contributed by atoms with van der Waals surface area (Å²) < 4.78 is 4.69. The summed E-state index contributed by atoms with van der Waals surface area (Å²) in [6.45, 7) is 5.19. The number of ether oxygens (including phenoxy) is 1. The van der Waals surface area contributed by atoms with Crippen LogP contribution in [0.3, 0.4) is 0 Å². The molecule has 0 aliphatic carbocycles. The molecule has 1 atom stereocenters. The lowest BCUT2D eigenvalue weighted by Crippen LogP contribution is -2.14. The fraction of sp³-hybridized carbons (Fsp3) is 0.250. The number of carbonyl (C=O) groups excluding carboxylic acids is 1. The highest BCUT2D eigenvalue weighted by Gasteiger charge is 2.23. The van der Waals surface area contributed by atoms with Gasteiger partial charge in [-0.25, -0.2) is 14.6 Å². The third-order valence-electron chi connectivity index (χ3n) is 2.26. The van der Waals surface area contributed by atoms with E-state index in [1.54, 1.807) is 6.92 Å². The van der Waals surface area contributed by atoms with Crippen LogP contribution in [0.2, 0.25) is 5.15 Å². The molecule has 6 nitrogen and oxygen atoms in total. The molecule has 1 heterocycles. The van der Waals surface area contributed by atoms with E-state index in [-0.39, 0.29) is 28.6 Å². The van der Waals surface area contributed by atoms with Crippen molar-refractivity contribution in [2.24, 2.45) is 0 Å². The van der Waals surface area contributed by atoms with Gasteiger partial charge in [0.25, 0.3) is 0 Å². The first-order chi connectivity index (χ1) is 8.88. The summed E-state index contributed by atoms with van der Waals surface area (Å²) in [6, 6.07) is 2.44. The van der Waals surface area contributed by atoms with Gasteiger partial charge in [-0.2, -0.15) is 0 Å². The first-order valence-electron chi connectivity index (χ1n) is 5.32. The van der Waals surface area contributed by atoms with Crippen LogP contribution in [0.5, 0.6) is 0 Å². The largest absolute Gasteiger partial charge is 0.477 e. The van der Waals surface area contributed by atoms with Gasteiger partial charge >= 0.3 is 11.9 Å². The maximum Gasteiger partial charge on any atom is 0.354 e. The van der Waals surface area contributed by atoms with Crippen LogP contribution in [0, 0.1) is 0 Å². The van der Waals surface area contributed by atoms with Crippen molar-refractivity contribution in [1.82, 2.24) is 4.98 Å². The summed E-state index contributed by atoms with van der Waals surface area (Å²) in [4.78, 5) is 25.7. The number of carbonyl (C=O) groups is 2. The molecule has 0 bridgehead atoms. The SMILES string of the molecule is C=C(C(=O)OCC)C(O)c1ccc(C(=O)O)nc1Cl. The number of carboxylic acids is 1. The van der Waals surface area contributed by atoms with Crippen molar-refractivity contribution in [3.8, 4) is 0 Å². The zero-order valence-electron chi connectivity index (χ0n) is 10.1. The Morgan fingerprint density at radius 1 is 1.53 bits per heavy atom. The molecule has 0 spiro atoms. The van der Waals surface area contributed by atoms with Crippen molar-refractivity contribution in [3.05, 3.63) is 40.7 Å². The predicted molar refractivity (Wildman–Crippen MR) is 66.9 cm³/mol. The van der Waals surface area contributed by atoms with Gasteiger partial charge < -0.3 is 14.9 Å². The lowest BCUT2D eigenvalue weighted by Gasteiger charge is -2.14. The number of hydrogen-bond acceptors (Lipinski definition) is 5. The number of carboxylic acid groups (broad SMARTS) is 1. The van der Waals surface area contributed by atoms with Crippen molar-refractivity contribution in [3.63, 3.8) is 0 Å². The third-order valence-corrected chi connectivity index (χ3v) is 2.56. The van der Waals surface area contributed by atoms with Crippen LogP contribution in [-0.4, -0.2) is 33.7 Å². The standard InChI is InChI=1S/C12H12ClNO5/c1-3-19-12(18)6(2)9(15)7-4-5-8(11(16)17)14-10(7)13/h4-5,9,15H,2-3H2,1H3,(H,16,17). The van der Waals surface area contributed by atoms with E-state index in [0.29, 0.717) is 0 Å². The number of halogens is 1. The third kappa shape index (κ3) is 3.52. The van der Waals surface area contributed by atoms with Crippen LogP contribution >= 0.6 is 11.6 Å². The van der Waals surface area contributed by atoms with Gasteiger partial charge in [0.15, 0.2) is 0 Å². The smallest absolute Gasteiger partial charge is 0.354 e. The quantitative estimate of drug-likeness (QED) is 0.484. The number of hydrogen-bond donors (Lipinski definition) is 2. The molecule has 0 fully saturated rings. The van der Waals surface area contributed by atoms with Crippen molar-refractivity contribution < 1.29 is 24.5 Å². The Morgan fingerprint density at radius 2 is 2.16 bits per heavy atom. The number of aliphatic hydroxyl groups excluding tert-OH is 1. The maximum atomic E-state index is 11.4. The van der Waals surface area contributed by atoms with E-state index in [0.717, 1.165) is 0 Å². The molecular formula is C12H12ClNO5. The van der Waals surface area contributed by atoms with Gasteiger partial charge in [-0.1, -0.05) is 24.2 Å². The van der Waals surface area contributed by atoms with Crippen LogP contribution in [0.25, 0.3) is 0 Å². The van der Waals surface area contributed by atoms with Crippen LogP contribution < -0.4 is 0 Å². The molecule has 102 valence electrons. The van der Waals surface area contributed by atoms with E-state index < -0.39 is 18.0 Å². The summed E-state index contributed by atoms with van der Waals surface area (Å²) in [7, 11) is 0. The van der Waals surface area contributed by atoms with Crippen LogP contribution in [0.1, 0.15) is 29.1 Å². The normalized spacial score (nSPS) is 11.7. The Hall–Kier alpha value is -1.92. The van der Waals surface area contributed by atoms with E-state index in [9.17, 15) is 14.7 Å². The highest BCUT2D eigenvalue weighted by Crippen LogP contribution is 2.27. The molecule has 0 aromatic carbocycles. The predicted octanol–water partition coefficient (Wildman–Crippen LogP) is 1.59. The summed E-state index contributed by atoms with van der Waals surface area (Å²) in [6.07, 6.45) is -1.40. The molecule has 0 amide bonds. The molecule has 0 saturated heterocycles. The Balaban J connectivity index is 3.00. The second kappa shape index (κ2) is 6.31. The molecule has 1 rings (SSSR count). The molecule has 0 aliphatic rings. The molecule has 0 radical (unpaired) electrons. The fourth-order valence-corrected chi connectivity index (χ4v) is 1.55. The van der Waals surface area contributed by atoms with Crippen molar-refractivity contribution in [2.75, 3.05) is 6.61 Å². The van der Waals surface area contributed by atoms with Gasteiger partial charge in [0.2, 0.25) is 0 Å². The Bertz CT molecular complexity index is 529. The van der Waals surface area contributed by atoms with E-state index in [2.05, 4.69) is 11.6 Å². The van der Waals surface area contributed by atoms with E-state index in [1.165, 1.54) is 12.1 Å². The average Bonchev–Trinajstić information content (AvgIpc) is 2.37. The van der Waals surface area contributed by atoms with Gasteiger partial charge in [0.05, 0.1) is 12.2 Å². The van der Waals surface area contributed by atoms with Gasteiger partial charge in [0.1, 0.15) is 17.0 Å². The fourth-order valence-electron chi connectivity index (χ4n) is 1.29. The minimum atomic E-state index is -1.40. The number of nitrogens with zero attached hydrogens (tertiary/aromatic N) is 1. The van der Waals surface area contributed by atoms with Gasteiger partial charge in [-0.3, -0.25) is 0 Å². The second-order valence-corrected chi connectivity index (χ2v) is 3.89. The van der Waals surface area contributed by atoms with Gasteiger partial charge in [-0.15, -0.1) is 0 Å². The Kier molecular flexibility index (Phi) is 5.02. The summed E-state index contributed by atoms with van der Waals surface area (Å²) >= 11 is 5.77. The number of pyridine rings is 1. The molecule has 2 N–H and O–H groups in total. The number of aromatic carboxylic acids is 1. The summed E-state index contributed by atoms with van der Waals surface area (Å²) in [5.74, 6) is -2.00. The average molecular weight is 286 g/mol. The molecule has 1 aromatic rings. The number of aromatic nitrogens is 1. The number of aliphatic hydroxyl groups is 1. The number of esters is 1. The van der Waals surface area contributed by atoms with Crippen molar-refractivity contribution in [2.45, 2.75) is 13.0 Å². The maximum absolute atomic E-state index is 11.4. The molecule has 0 saturated carbocycles. The monoisotopic (exact) mass is 285 g/mol. The van der Waals surface area contributed by atoms with E-state index in [1.807, 2.05) is 0 Å².